The van der Waals surface area contributed by atoms with E-state index >= 15 is 0 Å². The van der Waals surface area contributed by atoms with Crippen molar-refractivity contribution in [3.63, 3.8) is 0 Å². The number of aryl methyl sites for hydroxylation is 1. The van der Waals surface area contributed by atoms with E-state index in [0.29, 0.717) is 17.6 Å². The van der Waals surface area contributed by atoms with Crippen molar-refractivity contribution in [3.05, 3.63) is 54.6 Å². The Labute approximate surface area is 184 Å². The molecular weight excluding hydrogens is 432 g/mol. The molecule has 1 aliphatic rings. The molecule has 1 saturated carbocycles. The molecule has 5 rings (SSSR count). The highest BCUT2D eigenvalue weighted by molar-refractivity contribution is 8.13. The van der Waals surface area contributed by atoms with Crippen molar-refractivity contribution in [1.29, 1.82) is 0 Å². The van der Waals surface area contributed by atoms with Crippen LogP contribution in [0.25, 0.3) is 22.1 Å². The molecule has 0 aliphatic heterocycles. The van der Waals surface area contributed by atoms with Gasteiger partial charge in [-0.2, -0.15) is 0 Å². The molecule has 0 radical (unpaired) electrons. The Kier molecular flexibility index (Phi) is 4.90. The van der Waals surface area contributed by atoms with Crippen molar-refractivity contribution < 1.29 is 13.2 Å². The molecule has 0 spiro atoms. The monoisotopic (exact) mass is 454 g/mol. The maximum absolute atomic E-state index is 13.2. The SMILES string of the molecule is CC(=O)SCC1CC(n2cnc3cnc4c(ccn4S(=O)(=O)c4ccc(C)cc4)c32)C1. The molecule has 0 unspecified atom stereocenters. The lowest BCUT2D eigenvalue weighted by atomic mass is 9.81. The average Bonchev–Trinajstić information content (AvgIpc) is 3.31. The van der Waals surface area contributed by atoms with E-state index in [-0.39, 0.29) is 10.0 Å². The lowest BCUT2D eigenvalue weighted by molar-refractivity contribution is -0.109. The van der Waals surface area contributed by atoms with Gasteiger partial charge < -0.3 is 4.57 Å². The first-order chi connectivity index (χ1) is 14.8. The minimum absolute atomic E-state index is 0.153. The van der Waals surface area contributed by atoms with Crippen molar-refractivity contribution in [2.24, 2.45) is 5.92 Å². The fourth-order valence-corrected chi connectivity index (χ4v) is 6.22. The zero-order valence-corrected chi connectivity index (χ0v) is 18.9. The molecule has 9 heteroatoms. The smallest absolute Gasteiger partial charge is 0.269 e. The van der Waals surface area contributed by atoms with E-state index < -0.39 is 10.0 Å². The van der Waals surface area contributed by atoms with Gasteiger partial charge in [0.25, 0.3) is 10.0 Å². The van der Waals surface area contributed by atoms with Crippen LogP contribution in [-0.4, -0.2) is 37.8 Å². The Balaban J connectivity index is 1.52. The van der Waals surface area contributed by atoms with Crippen LogP contribution in [0.3, 0.4) is 0 Å². The third-order valence-corrected chi connectivity index (χ3v) is 8.64. The standard InChI is InChI=1S/C22H22N4O3S2/c1-14-3-5-18(6-4-14)31(28,29)26-8-7-19-21-20(11-23-22(19)26)24-13-25(21)17-9-16(10-17)12-30-15(2)27/h3-8,11,13,16-17H,9-10,12H2,1-2H3. The first-order valence-corrected chi connectivity index (χ1v) is 12.6. The summed E-state index contributed by atoms with van der Waals surface area (Å²) in [6.45, 7) is 3.52. The van der Waals surface area contributed by atoms with Crippen LogP contribution in [0.1, 0.15) is 31.4 Å². The van der Waals surface area contributed by atoms with Crippen molar-refractivity contribution in [1.82, 2.24) is 18.5 Å². The number of fused-ring (bicyclic) bond motifs is 3. The molecule has 0 N–H and O–H groups in total. The van der Waals surface area contributed by atoms with Crippen LogP contribution in [0.5, 0.6) is 0 Å². The molecule has 1 aliphatic carbocycles. The molecule has 4 aromatic rings. The average molecular weight is 455 g/mol. The summed E-state index contributed by atoms with van der Waals surface area (Å²) >= 11 is 1.38. The molecule has 0 saturated heterocycles. The van der Waals surface area contributed by atoms with Gasteiger partial charge in [-0.15, -0.1) is 0 Å². The number of hydrogen-bond acceptors (Lipinski definition) is 6. The first-order valence-electron chi connectivity index (χ1n) is 10.1. The summed E-state index contributed by atoms with van der Waals surface area (Å²) in [5, 5.41) is 0.924. The lowest BCUT2D eigenvalue weighted by Gasteiger charge is -2.36. The number of imidazole rings is 1. The van der Waals surface area contributed by atoms with Crippen LogP contribution in [-0.2, 0) is 14.8 Å². The van der Waals surface area contributed by atoms with E-state index in [4.69, 9.17) is 0 Å². The van der Waals surface area contributed by atoms with Gasteiger partial charge in [-0.25, -0.2) is 22.4 Å². The molecule has 1 fully saturated rings. The van der Waals surface area contributed by atoms with E-state index in [9.17, 15) is 13.2 Å². The second kappa shape index (κ2) is 7.49. The predicted octanol–water partition coefficient (Wildman–Crippen LogP) is 4.16. The highest BCUT2D eigenvalue weighted by Gasteiger charge is 2.32. The fourth-order valence-electron chi connectivity index (χ4n) is 4.18. The lowest BCUT2D eigenvalue weighted by Crippen LogP contribution is -2.28. The molecule has 3 heterocycles. The number of hydrogen-bond donors (Lipinski definition) is 0. The molecular formula is C22H22N4O3S2. The summed E-state index contributed by atoms with van der Waals surface area (Å²) < 4.78 is 29.8. The predicted molar refractivity (Wildman–Crippen MR) is 122 cm³/mol. The normalized spacial score (nSPS) is 19.0. The number of pyridine rings is 1. The number of thioether (sulfide) groups is 1. The van der Waals surface area contributed by atoms with Crippen LogP contribution in [0.4, 0.5) is 0 Å². The van der Waals surface area contributed by atoms with Crippen molar-refractivity contribution >= 4 is 49.0 Å². The van der Waals surface area contributed by atoms with Crippen molar-refractivity contribution in [2.45, 2.75) is 37.6 Å². The van der Waals surface area contributed by atoms with Crippen LogP contribution in [0, 0.1) is 12.8 Å². The van der Waals surface area contributed by atoms with E-state index in [1.807, 2.05) is 13.3 Å². The number of carbonyl (C=O) groups excluding carboxylic acids is 1. The van der Waals surface area contributed by atoms with Crippen molar-refractivity contribution in [3.8, 4) is 0 Å². The summed E-state index contributed by atoms with van der Waals surface area (Å²) in [6.07, 6.45) is 6.99. The molecule has 31 heavy (non-hydrogen) atoms. The number of aromatic nitrogens is 4. The summed E-state index contributed by atoms with van der Waals surface area (Å²) in [7, 11) is -3.75. The molecule has 0 amide bonds. The van der Waals surface area contributed by atoms with Crippen LogP contribution in [0.15, 0.2) is 53.9 Å². The van der Waals surface area contributed by atoms with Crippen molar-refractivity contribution in [2.75, 3.05) is 5.75 Å². The van der Waals surface area contributed by atoms with E-state index in [1.165, 1.54) is 15.7 Å². The van der Waals surface area contributed by atoms with Gasteiger partial charge in [-0.1, -0.05) is 29.5 Å². The van der Waals surface area contributed by atoms with E-state index in [1.54, 1.807) is 49.6 Å². The van der Waals surface area contributed by atoms with Gasteiger partial charge in [0.1, 0.15) is 5.52 Å². The van der Waals surface area contributed by atoms with Gasteiger partial charge in [0.2, 0.25) is 0 Å². The number of benzene rings is 1. The zero-order valence-electron chi connectivity index (χ0n) is 17.2. The Morgan fingerprint density at radius 3 is 2.61 bits per heavy atom. The van der Waals surface area contributed by atoms with Crippen LogP contribution < -0.4 is 0 Å². The van der Waals surface area contributed by atoms with Gasteiger partial charge in [0.05, 0.1) is 22.9 Å². The van der Waals surface area contributed by atoms with Crippen LogP contribution >= 0.6 is 11.8 Å². The number of rotatable bonds is 5. The van der Waals surface area contributed by atoms with Gasteiger partial charge >= 0.3 is 0 Å². The third kappa shape index (κ3) is 3.45. The van der Waals surface area contributed by atoms with Gasteiger partial charge in [0, 0.05) is 30.3 Å². The maximum Gasteiger partial charge on any atom is 0.269 e. The molecule has 7 nitrogen and oxygen atoms in total. The van der Waals surface area contributed by atoms with Gasteiger partial charge in [-0.3, -0.25) is 4.79 Å². The molecule has 0 atom stereocenters. The van der Waals surface area contributed by atoms with Gasteiger partial charge in [0.15, 0.2) is 10.8 Å². The number of nitrogens with zero attached hydrogens (tertiary/aromatic N) is 4. The van der Waals surface area contributed by atoms with E-state index in [0.717, 1.165) is 40.6 Å². The third-order valence-electron chi connectivity index (χ3n) is 5.92. The second-order valence-corrected chi connectivity index (χ2v) is 11.1. The second-order valence-electron chi connectivity index (χ2n) is 8.10. The summed E-state index contributed by atoms with van der Waals surface area (Å²) in [6, 6.07) is 8.91. The molecule has 1 aromatic carbocycles. The maximum atomic E-state index is 13.2. The minimum Gasteiger partial charge on any atom is -0.327 e. The zero-order chi connectivity index (χ0) is 21.8. The Morgan fingerprint density at radius 2 is 1.90 bits per heavy atom. The Morgan fingerprint density at radius 1 is 1.16 bits per heavy atom. The minimum atomic E-state index is -3.75. The molecule has 0 bridgehead atoms. The Hall–Kier alpha value is -2.65. The highest BCUT2D eigenvalue weighted by Crippen LogP contribution is 2.42. The summed E-state index contributed by atoms with van der Waals surface area (Å²) in [5.74, 6) is 1.36. The fraction of sp³-hybridized carbons (Fsp3) is 0.318. The summed E-state index contributed by atoms with van der Waals surface area (Å²) in [5.41, 5.74) is 3.06. The topological polar surface area (TPSA) is 86.8 Å². The Bertz CT molecular complexity index is 1400. The summed E-state index contributed by atoms with van der Waals surface area (Å²) in [4.78, 5) is 20.4. The van der Waals surface area contributed by atoms with Crippen LogP contribution in [0.2, 0.25) is 0 Å². The largest absolute Gasteiger partial charge is 0.327 e. The van der Waals surface area contributed by atoms with E-state index in [2.05, 4.69) is 14.5 Å². The first kappa shape index (κ1) is 20.3. The van der Waals surface area contributed by atoms with Gasteiger partial charge in [-0.05, 0) is 43.9 Å². The quantitative estimate of drug-likeness (QED) is 0.450. The molecule has 160 valence electrons. The number of carbonyl (C=O) groups is 1. The molecule has 3 aromatic heterocycles. The highest BCUT2D eigenvalue weighted by atomic mass is 32.2.